The lowest BCUT2D eigenvalue weighted by atomic mass is 9.99. The molecule has 1 aromatic heterocycles. The van der Waals surface area contributed by atoms with Gasteiger partial charge in [-0.2, -0.15) is 0 Å². The van der Waals surface area contributed by atoms with E-state index in [1.54, 1.807) is 18.3 Å². The first-order valence-electron chi connectivity index (χ1n) is 8.27. The third-order valence-electron chi connectivity index (χ3n) is 4.85. The smallest absolute Gasteiger partial charge is 0.222 e. The Balaban J connectivity index is 1.39. The van der Waals surface area contributed by atoms with Crippen LogP contribution in [-0.2, 0) is 22.6 Å². The zero-order valence-electron chi connectivity index (χ0n) is 13.3. The number of phenols is 1. The van der Waals surface area contributed by atoms with E-state index in [4.69, 9.17) is 4.74 Å². The van der Waals surface area contributed by atoms with Crippen molar-refractivity contribution in [1.82, 2.24) is 19.9 Å². The number of hydrogen-bond acceptors (Lipinski definition) is 5. The van der Waals surface area contributed by atoms with E-state index in [0.29, 0.717) is 26.0 Å². The normalized spacial score (nSPS) is 22.8. The molecule has 2 aliphatic heterocycles. The summed E-state index contributed by atoms with van der Waals surface area (Å²) in [5, 5.41) is 17.4. The number of carbonyl (C=O) groups is 1. The number of aryl methyl sites for hydroxylation is 1. The van der Waals surface area contributed by atoms with Crippen LogP contribution < -0.4 is 0 Å². The molecule has 2 aromatic rings. The number of ether oxygens (including phenoxy) is 1. The molecule has 1 aromatic carbocycles. The summed E-state index contributed by atoms with van der Waals surface area (Å²) in [6, 6.07) is 7.06. The number of piperidine rings is 1. The van der Waals surface area contributed by atoms with Crippen molar-refractivity contribution in [3.63, 3.8) is 0 Å². The minimum absolute atomic E-state index is 0.0580. The van der Waals surface area contributed by atoms with Crippen molar-refractivity contribution < 1.29 is 14.6 Å². The van der Waals surface area contributed by atoms with Gasteiger partial charge in [-0.15, -0.1) is 5.10 Å². The van der Waals surface area contributed by atoms with Crippen LogP contribution in [0.4, 0.5) is 0 Å². The van der Waals surface area contributed by atoms with E-state index < -0.39 is 0 Å². The Labute approximate surface area is 139 Å². The van der Waals surface area contributed by atoms with E-state index >= 15 is 0 Å². The van der Waals surface area contributed by atoms with Gasteiger partial charge in [-0.3, -0.25) is 4.79 Å². The fourth-order valence-electron chi connectivity index (χ4n) is 3.48. The average molecular weight is 328 g/mol. The van der Waals surface area contributed by atoms with Crippen LogP contribution >= 0.6 is 0 Å². The van der Waals surface area contributed by atoms with Crippen LogP contribution in [0.3, 0.4) is 0 Å². The molecule has 126 valence electrons. The van der Waals surface area contributed by atoms with Crippen LogP contribution in [0.25, 0.3) is 0 Å². The van der Waals surface area contributed by atoms with Gasteiger partial charge in [0.25, 0.3) is 0 Å². The van der Waals surface area contributed by atoms with Gasteiger partial charge in [-0.1, -0.05) is 17.3 Å². The highest BCUT2D eigenvalue weighted by Gasteiger charge is 2.37. The van der Waals surface area contributed by atoms with Gasteiger partial charge in [-0.05, 0) is 30.5 Å². The second-order valence-corrected chi connectivity index (χ2v) is 6.38. The van der Waals surface area contributed by atoms with Gasteiger partial charge < -0.3 is 14.7 Å². The Morgan fingerprint density at radius 2 is 2.17 bits per heavy atom. The van der Waals surface area contributed by atoms with E-state index in [9.17, 15) is 9.90 Å². The van der Waals surface area contributed by atoms with Gasteiger partial charge in [0.05, 0.1) is 30.6 Å². The maximum absolute atomic E-state index is 12.6. The standard InChI is InChI=1S/C17H20N4O3/c22-14-4-1-12(2-5-14)3-6-17(23)20-8-7-16-15(10-20)21-13(11-24-16)9-18-19-21/h1-2,4-5,9,15-16,22H,3,6-8,10-11H2/t15-,16+/m1/s1. The molecule has 0 spiro atoms. The van der Waals surface area contributed by atoms with Crippen molar-refractivity contribution >= 4 is 5.91 Å². The first-order valence-corrected chi connectivity index (χ1v) is 8.27. The molecule has 1 amide bonds. The summed E-state index contributed by atoms with van der Waals surface area (Å²) in [7, 11) is 0. The van der Waals surface area contributed by atoms with Crippen molar-refractivity contribution in [1.29, 1.82) is 0 Å². The fraction of sp³-hybridized carbons (Fsp3) is 0.471. The topological polar surface area (TPSA) is 80.5 Å². The van der Waals surface area contributed by atoms with Crippen LogP contribution in [0.1, 0.15) is 30.1 Å². The van der Waals surface area contributed by atoms with Gasteiger partial charge in [0.15, 0.2) is 0 Å². The van der Waals surface area contributed by atoms with Gasteiger partial charge >= 0.3 is 0 Å². The highest BCUT2D eigenvalue weighted by Crippen LogP contribution is 2.30. The molecule has 1 saturated heterocycles. The van der Waals surface area contributed by atoms with E-state index in [-0.39, 0.29) is 23.8 Å². The maximum Gasteiger partial charge on any atom is 0.222 e. The minimum Gasteiger partial charge on any atom is -0.508 e. The quantitative estimate of drug-likeness (QED) is 0.918. The number of benzene rings is 1. The molecule has 0 aliphatic carbocycles. The zero-order valence-corrected chi connectivity index (χ0v) is 13.3. The number of carbonyl (C=O) groups excluding carboxylic acids is 1. The monoisotopic (exact) mass is 328 g/mol. The number of aromatic nitrogens is 3. The van der Waals surface area contributed by atoms with E-state index in [1.807, 2.05) is 21.7 Å². The number of amides is 1. The third kappa shape index (κ3) is 2.87. The van der Waals surface area contributed by atoms with Crippen LogP contribution in [0.2, 0.25) is 0 Å². The molecule has 0 unspecified atom stereocenters. The Kier molecular flexibility index (Phi) is 3.93. The van der Waals surface area contributed by atoms with Crippen molar-refractivity contribution in [2.75, 3.05) is 13.1 Å². The highest BCUT2D eigenvalue weighted by molar-refractivity contribution is 5.76. The first-order chi connectivity index (χ1) is 11.7. The van der Waals surface area contributed by atoms with E-state index in [2.05, 4.69) is 10.3 Å². The van der Waals surface area contributed by atoms with Crippen LogP contribution in [0, 0.1) is 0 Å². The van der Waals surface area contributed by atoms with Crippen molar-refractivity contribution in [2.24, 2.45) is 0 Å². The molecule has 4 rings (SSSR count). The Morgan fingerprint density at radius 1 is 1.33 bits per heavy atom. The largest absolute Gasteiger partial charge is 0.508 e. The van der Waals surface area contributed by atoms with Crippen molar-refractivity contribution in [3.05, 3.63) is 41.7 Å². The Morgan fingerprint density at radius 3 is 3.00 bits per heavy atom. The minimum atomic E-state index is 0.0580. The summed E-state index contributed by atoms with van der Waals surface area (Å²) >= 11 is 0. The molecule has 1 fully saturated rings. The van der Waals surface area contributed by atoms with E-state index in [0.717, 1.165) is 24.2 Å². The van der Waals surface area contributed by atoms with Gasteiger partial charge in [-0.25, -0.2) is 4.68 Å². The Bertz CT molecular complexity index is 728. The number of fused-ring (bicyclic) bond motifs is 3. The molecule has 0 saturated carbocycles. The SMILES string of the molecule is O=C(CCc1ccc(O)cc1)N1CC[C@@H]2OCc3cnnn3[C@@H]2C1. The molecule has 7 heteroatoms. The van der Waals surface area contributed by atoms with E-state index in [1.165, 1.54) is 0 Å². The number of phenolic OH excluding ortho intramolecular Hbond substituents is 1. The summed E-state index contributed by atoms with van der Waals surface area (Å²) in [4.78, 5) is 14.5. The number of rotatable bonds is 3. The van der Waals surface area contributed by atoms with Crippen LogP contribution in [0.5, 0.6) is 5.75 Å². The Hall–Kier alpha value is -2.41. The predicted molar refractivity (Wildman–Crippen MR) is 85.3 cm³/mol. The van der Waals surface area contributed by atoms with Crippen molar-refractivity contribution in [3.8, 4) is 5.75 Å². The fourth-order valence-corrected chi connectivity index (χ4v) is 3.48. The lowest BCUT2D eigenvalue weighted by Gasteiger charge is -2.41. The summed E-state index contributed by atoms with van der Waals surface area (Å²) in [6.45, 7) is 1.89. The first kappa shape index (κ1) is 15.1. The maximum atomic E-state index is 12.6. The molecule has 1 N–H and O–H groups in total. The summed E-state index contributed by atoms with van der Waals surface area (Å²) < 4.78 is 7.78. The third-order valence-corrected chi connectivity index (χ3v) is 4.85. The molecule has 0 bridgehead atoms. The number of likely N-dealkylation sites (tertiary alicyclic amines) is 1. The van der Waals surface area contributed by atoms with Crippen LogP contribution in [0.15, 0.2) is 30.5 Å². The van der Waals surface area contributed by atoms with Gasteiger partial charge in [0.2, 0.25) is 5.91 Å². The molecule has 2 aliphatic rings. The molecular formula is C17H20N4O3. The number of aromatic hydroxyl groups is 1. The average Bonchev–Trinajstić information content (AvgIpc) is 3.09. The molecule has 7 nitrogen and oxygen atoms in total. The molecule has 24 heavy (non-hydrogen) atoms. The molecule has 3 heterocycles. The predicted octanol–water partition coefficient (Wildman–Crippen LogP) is 1.29. The second kappa shape index (κ2) is 6.24. The zero-order chi connectivity index (χ0) is 16.5. The second-order valence-electron chi connectivity index (χ2n) is 6.38. The molecule has 2 atom stereocenters. The molecule has 0 radical (unpaired) electrons. The van der Waals surface area contributed by atoms with Crippen molar-refractivity contribution in [2.45, 2.75) is 38.0 Å². The summed E-state index contributed by atoms with van der Waals surface area (Å²) in [5.74, 6) is 0.391. The number of nitrogens with zero attached hydrogens (tertiary/aromatic N) is 4. The van der Waals surface area contributed by atoms with Crippen LogP contribution in [-0.4, -0.2) is 50.1 Å². The molecular weight excluding hydrogens is 308 g/mol. The summed E-state index contributed by atoms with van der Waals surface area (Å²) in [6.07, 6.45) is 3.80. The number of hydrogen-bond donors (Lipinski definition) is 1. The highest BCUT2D eigenvalue weighted by atomic mass is 16.5. The lowest BCUT2D eigenvalue weighted by Crippen LogP contribution is -2.49. The van der Waals surface area contributed by atoms with Gasteiger partial charge in [0.1, 0.15) is 5.75 Å². The lowest BCUT2D eigenvalue weighted by molar-refractivity contribution is -0.138. The summed E-state index contributed by atoms with van der Waals surface area (Å²) in [5.41, 5.74) is 2.02. The van der Waals surface area contributed by atoms with Gasteiger partial charge in [0, 0.05) is 19.5 Å².